The van der Waals surface area contributed by atoms with Gasteiger partial charge in [-0.05, 0) is 31.6 Å². The van der Waals surface area contributed by atoms with Crippen molar-refractivity contribution in [3.05, 3.63) is 0 Å². The smallest absolute Gasteiger partial charge is 0.317 e. The highest BCUT2D eigenvalue weighted by Crippen LogP contribution is 2.31. The summed E-state index contributed by atoms with van der Waals surface area (Å²) in [5, 5.41) is 12.0. The topological polar surface area (TPSA) is 78.9 Å². The number of carboxylic acid groups (broad SMARTS) is 1. The molecule has 1 aliphatic heterocycles. The van der Waals surface area contributed by atoms with Gasteiger partial charge in [-0.1, -0.05) is 6.42 Å². The molecular weight excluding hydrogens is 260 g/mol. The molecule has 2 aliphatic rings. The fourth-order valence-corrected chi connectivity index (χ4v) is 3.19. The van der Waals surface area contributed by atoms with Gasteiger partial charge in [-0.15, -0.1) is 0 Å². The highest BCUT2D eigenvalue weighted by atomic mass is 16.5. The molecule has 1 saturated heterocycles. The number of urea groups is 1. The molecular formula is C14H24N2O4. The van der Waals surface area contributed by atoms with Crippen LogP contribution in [0.5, 0.6) is 0 Å². The van der Waals surface area contributed by atoms with Gasteiger partial charge >= 0.3 is 12.0 Å². The quantitative estimate of drug-likeness (QED) is 0.816. The molecule has 2 amide bonds. The van der Waals surface area contributed by atoms with Crippen molar-refractivity contribution >= 4 is 12.0 Å². The second-order valence-corrected chi connectivity index (χ2v) is 5.78. The molecule has 1 saturated carbocycles. The van der Waals surface area contributed by atoms with Crippen molar-refractivity contribution in [2.24, 2.45) is 11.8 Å². The Hall–Kier alpha value is -1.30. The number of aliphatic carboxylic acids is 1. The van der Waals surface area contributed by atoms with Crippen molar-refractivity contribution in [2.45, 2.75) is 38.1 Å². The van der Waals surface area contributed by atoms with E-state index in [0.717, 1.165) is 32.1 Å². The number of amides is 2. The Balaban J connectivity index is 1.77. The van der Waals surface area contributed by atoms with Gasteiger partial charge in [0.1, 0.15) is 0 Å². The summed E-state index contributed by atoms with van der Waals surface area (Å²) >= 11 is 0. The van der Waals surface area contributed by atoms with Crippen LogP contribution < -0.4 is 5.32 Å². The molecule has 6 nitrogen and oxygen atoms in total. The Morgan fingerprint density at radius 1 is 1.25 bits per heavy atom. The average Bonchev–Trinajstić information content (AvgIpc) is 2.93. The van der Waals surface area contributed by atoms with Crippen molar-refractivity contribution in [2.75, 3.05) is 26.8 Å². The Kier molecular flexibility index (Phi) is 5.23. The lowest BCUT2D eigenvalue weighted by atomic mass is 9.96. The van der Waals surface area contributed by atoms with Crippen LogP contribution in [0.15, 0.2) is 0 Å². The predicted octanol–water partition coefficient (Wildman–Crippen LogP) is 1.31. The molecule has 0 aromatic heterocycles. The Morgan fingerprint density at radius 2 is 1.95 bits per heavy atom. The van der Waals surface area contributed by atoms with Crippen molar-refractivity contribution in [1.29, 1.82) is 0 Å². The number of hydrogen-bond donors (Lipinski definition) is 2. The number of carbonyl (C=O) groups is 2. The van der Waals surface area contributed by atoms with E-state index in [-0.39, 0.29) is 23.9 Å². The first-order chi connectivity index (χ1) is 9.59. The molecule has 2 unspecified atom stereocenters. The predicted molar refractivity (Wildman–Crippen MR) is 73.5 cm³/mol. The van der Waals surface area contributed by atoms with E-state index in [4.69, 9.17) is 9.84 Å². The van der Waals surface area contributed by atoms with Crippen molar-refractivity contribution < 1.29 is 19.4 Å². The van der Waals surface area contributed by atoms with Gasteiger partial charge in [0.05, 0.1) is 5.92 Å². The van der Waals surface area contributed by atoms with Crippen LogP contribution in [0.3, 0.4) is 0 Å². The van der Waals surface area contributed by atoms with E-state index < -0.39 is 5.97 Å². The van der Waals surface area contributed by atoms with E-state index in [0.29, 0.717) is 19.8 Å². The van der Waals surface area contributed by atoms with Crippen molar-refractivity contribution in [1.82, 2.24) is 10.2 Å². The normalized spacial score (nSPS) is 27.2. The summed E-state index contributed by atoms with van der Waals surface area (Å²) in [4.78, 5) is 24.9. The standard InChI is InChI=1S/C14H24N2O4/c1-16(11-5-7-20-8-6-11)14(19)15-9-10-3-2-4-12(10)13(17)18/h10-12H,2-9H2,1H3,(H,15,19)(H,17,18). The third-order valence-electron chi connectivity index (χ3n) is 4.55. The first kappa shape index (κ1) is 15.1. The first-order valence-corrected chi connectivity index (χ1v) is 7.41. The minimum Gasteiger partial charge on any atom is -0.481 e. The van der Waals surface area contributed by atoms with Gasteiger partial charge in [-0.2, -0.15) is 0 Å². The van der Waals surface area contributed by atoms with E-state index in [1.165, 1.54) is 0 Å². The number of carbonyl (C=O) groups excluding carboxylic acids is 1. The van der Waals surface area contributed by atoms with E-state index in [2.05, 4.69) is 5.32 Å². The Bertz CT molecular complexity index is 355. The van der Waals surface area contributed by atoms with Gasteiger partial charge < -0.3 is 20.1 Å². The lowest BCUT2D eigenvalue weighted by Crippen LogP contribution is -2.47. The monoisotopic (exact) mass is 284 g/mol. The summed E-state index contributed by atoms with van der Waals surface area (Å²) in [5.74, 6) is -0.970. The number of rotatable bonds is 4. The summed E-state index contributed by atoms with van der Waals surface area (Å²) in [6, 6.07) is 0.121. The lowest BCUT2D eigenvalue weighted by Gasteiger charge is -2.31. The SMILES string of the molecule is CN(C(=O)NCC1CCCC1C(=O)O)C1CCOCC1. The highest BCUT2D eigenvalue weighted by Gasteiger charge is 2.33. The van der Waals surface area contributed by atoms with Crippen LogP contribution in [-0.2, 0) is 9.53 Å². The van der Waals surface area contributed by atoms with Crippen LogP contribution in [0.25, 0.3) is 0 Å². The minimum absolute atomic E-state index is 0.0690. The number of nitrogens with zero attached hydrogens (tertiary/aromatic N) is 1. The Morgan fingerprint density at radius 3 is 2.60 bits per heavy atom. The van der Waals surface area contributed by atoms with E-state index in [1.54, 1.807) is 11.9 Å². The molecule has 1 aliphatic carbocycles. The molecule has 0 radical (unpaired) electrons. The number of ether oxygens (including phenoxy) is 1. The zero-order valence-electron chi connectivity index (χ0n) is 12.0. The van der Waals surface area contributed by atoms with Gasteiger partial charge in [0.15, 0.2) is 0 Å². The van der Waals surface area contributed by atoms with Crippen LogP contribution in [0, 0.1) is 11.8 Å². The van der Waals surface area contributed by atoms with Gasteiger partial charge in [0.25, 0.3) is 0 Å². The summed E-state index contributed by atoms with van der Waals surface area (Å²) < 4.78 is 5.29. The van der Waals surface area contributed by atoms with Crippen LogP contribution in [-0.4, -0.2) is 54.9 Å². The van der Waals surface area contributed by atoms with Crippen LogP contribution in [0.2, 0.25) is 0 Å². The molecule has 1 heterocycles. The van der Waals surface area contributed by atoms with Crippen molar-refractivity contribution in [3.8, 4) is 0 Å². The molecule has 0 aromatic rings. The van der Waals surface area contributed by atoms with Gasteiger partial charge in [-0.3, -0.25) is 4.79 Å². The molecule has 2 fully saturated rings. The third-order valence-corrected chi connectivity index (χ3v) is 4.55. The molecule has 2 atom stereocenters. The summed E-state index contributed by atoms with van der Waals surface area (Å²) in [6.45, 7) is 1.86. The second kappa shape index (κ2) is 6.92. The van der Waals surface area contributed by atoms with Crippen LogP contribution in [0.4, 0.5) is 4.79 Å². The maximum atomic E-state index is 12.1. The zero-order valence-corrected chi connectivity index (χ0v) is 12.0. The van der Waals surface area contributed by atoms with E-state index in [1.807, 2.05) is 0 Å². The summed E-state index contributed by atoms with van der Waals surface area (Å²) in [6.07, 6.45) is 4.29. The Labute approximate surface area is 119 Å². The van der Waals surface area contributed by atoms with Crippen LogP contribution >= 0.6 is 0 Å². The molecule has 2 N–H and O–H groups in total. The summed E-state index contributed by atoms with van der Waals surface area (Å²) in [5.41, 5.74) is 0. The highest BCUT2D eigenvalue weighted by molar-refractivity contribution is 5.74. The molecule has 0 bridgehead atoms. The fraction of sp³-hybridized carbons (Fsp3) is 0.857. The largest absolute Gasteiger partial charge is 0.481 e. The van der Waals surface area contributed by atoms with Gasteiger partial charge in [0, 0.05) is 32.8 Å². The van der Waals surface area contributed by atoms with E-state index >= 15 is 0 Å². The molecule has 114 valence electrons. The van der Waals surface area contributed by atoms with E-state index in [9.17, 15) is 9.59 Å². The lowest BCUT2D eigenvalue weighted by molar-refractivity contribution is -0.142. The van der Waals surface area contributed by atoms with Gasteiger partial charge in [0.2, 0.25) is 0 Å². The summed E-state index contributed by atoms with van der Waals surface area (Å²) in [7, 11) is 1.80. The number of hydrogen-bond acceptors (Lipinski definition) is 3. The maximum Gasteiger partial charge on any atom is 0.317 e. The second-order valence-electron chi connectivity index (χ2n) is 5.78. The molecule has 0 spiro atoms. The molecule has 0 aromatic carbocycles. The molecule has 2 rings (SSSR count). The maximum absolute atomic E-state index is 12.1. The molecule has 6 heteroatoms. The minimum atomic E-state index is -0.737. The zero-order chi connectivity index (χ0) is 14.5. The first-order valence-electron chi connectivity index (χ1n) is 7.41. The average molecular weight is 284 g/mol. The van der Waals surface area contributed by atoms with Gasteiger partial charge in [-0.25, -0.2) is 4.79 Å². The van der Waals surface area contributed by atoms with Crippen LogP contribution in [0.1, 0.15) is 32.1 Å². The third kappa shape index (κ3) is 3.62. The van der Waals surface area contributed by atoms with Crippen molar-refractivity contribution in [3.63, 3.8) is 0 Å². The number of nitrogens with one attached hydrogen (secondary N) is 1. The fourth-order valence-electron chi connectivity index (χ4n) is 3.19. The number of carboxylic acids is 1. The molecule has 20 heavy (non-hydrogen) atoms.